The molecule has 1 aliphatic heterocycles. The number of amides is 1. The first-order chi connectivity index (χ1) is 18.6. The third-order valence-corrected chi connectivity index (χ3v) is 7.67. The molecule has 1 aliphatic carbocycles. The normalized spacial score (nSPS) is 14.3. The van der Waals surface area contributed by atoms with Gasteiger partial charge in [0.1, 0.15) is 11.5 Å². The van der Waals surface area contributed by atoms with E-state index >= 15 is 0 Å². The number of hydrogen-bond donors (Lipinski definition) is 3. The minimum absolute atomic E-state index is 0.107. The predicted octanol–water partition coefficient (Wildman–Crippen LogP) is 5.24. The Balaban J connectivity index is 1.20. The molecule has 1 fully saturated rings. The van der Waals surface area contributed by atoms with Gasteiger partial charge in [-0.1, -0.05) is 36.4 Å². The Kier molecular flexibility index (Phi) is 6.60. The van der Waals surface area contributed by atoms with E-state index in [9.17, 15) is 9.90 Å². The zero-order valence-electron chi connectivity index (χ0n) is 21.6. The lowest BCUT2D eigenvalue weighted by Crippen LogP contribution is -2.29. The fourth-order valence-corrected chi connectivity index (χ4v) is 5.62. The number of aromatic nitrogens is 2. The number of carbonyl (C=O) groups excluding carboxylic acids is 1. The molecule has 0 unspecified atom stereocenters. The summed E-state index contributed by atoms with van der Waals surface area (Å²) in [6.45, 7) is 4.01. The lowest BCUT2D eigenvalue weighted by atomic mass is 10.0. The van der Waals surface area contributed by atoms with Crippen LogP contribution in [0.5, 0.6) is 11.5 Å². The average molecular weight is 509 g/mol. The van der Waals surface area contributed by atoms with E-state index in [0.29, 0.717) is 17.9 Å². The summed E-state index contributed by atoms with van der Waals surface area (Å²) in [4.78, 5) is 15.5. The SMILES string of the molecule is COc1cc2c(cc1C(=O)NCCCN1CCCC1)-c1[nH]nc(-c3ccc(-c4ccc(O)cc4)cc3)c1C2. The van der Waals surface area contributed by atoms with Crippen LogP contribution in [0.15, 0.2) is 60.7 Å². The van der Waals surface area contributed by atoms with Crippen molar-refractivity contribution in [2.24, 2.45) is 0 Å². The summed E-state index contributed by atoms with van der Waals surface area (Å²) in [6, 6.07) is 19.4. The molecule has 0 spiro atoms. The van der Waals surface area contributed by atoms with E-state index in [4.69, 9.17) is 4.74 Å². The molecule has 194 valence electrons. The smallest absolute Gasteiger partial charge is 0.255 e. The number of carbonyl (C=O) groups is 1. The van der Waals surface area contributed by atoms with E-state index in [1.54, 1.807) is 19.2 Å². The van der Waals surface area contributed by atoms with Crippen LogP contribution in [0.4, 0.5) is 0 Å². The highest BCUT2D eigenvalue weighted by atomic mass is 16.5. The number of phenols is 1. The van der Waals surface area contributed by atoms with Crippen molar-refractivity contribution in [2.45, 2.75) is 25.7 Å². The largest absolute Gasteiger partial charge is 0.508 e. The van der Waals surface area contributed by atoms with E-state index in [1.165, 1.54) is 25.9 Å². The van der Waals surface area contributed by atoms with Crippen LogP contribution in [-0.4, -0.2) is 59.4 Å². The first kappa shape index (κ1) is 24.2. The van der Waals surface area contributed by atoms with Gasteiger partial charge in [0.15, 0.2) is 0 Å². The highest BCUT2D eigenvalue weighted by Gasteiger charge is 2.28. The van der Waals surface area contributed by atoms with Crippen LogP contribution in [0.3, 0.4) is 0 Å². The Labute approximate surface area is 222 Å². The number of aromatic amines is 1. The molecule has 1 amide bonds. The first-order valence-corrected chi connectivity index (χ1v) is 13.3. The summed E-state index contributed by atoms with van der Waals surface area (Å²) < 4.78 is 5.62. The molecule has 1 aromatic heterocycles. The van der Waals surface area contributed by atoms with Gasteiger partial charge in [0.05, 0.1) is 24.1 Å². The van der Waals surface area contributed by atoms with Gasteiger partial charge in [-0.15, -0.1) is 0 Å². The number of benzene rings is 3. The Hall–Kier alpha value is -4.10. The van der Waals surface area contributed by atoms with Crippen LogP contribution in [0, 0.1) is 0 Å². The maximum absolute atomic E-state index is 13.1. The number of nitrogens with one attached hydrogen (secondary N) is 2. The van der Waals surface area contributed by atoms with Crippen molar-refractivity contribution in [1.29, 1.82) is 0 Å². The van der Waals surface area contributed by atoms with Crippen LogP contribution in [0.2, 0.25) is 0 Å². The standard InChI is InChI=1S/C31H32N4O3/c1-38-28-18-23-17-27-29(22-7-5-20(6-8-22)21-9-11-24(36)12-10-21)33-34-30(27)25(23)19-26(28)31(37)32-13-4-16-35-14-2-3-15-35/h5-12,18-19,36H,2-4,13-17H2,1H3,(H,32,37)(H,33,34). The van der Waals surface area contributed by atoms with Gasteiger partial charge >= 0.3 is 0 Å². The predicted molar refractivity (Wildman–Crippen MR) is 149 cm³/mol. The fourth-order valence-electron chi connectivity index (χ4n) is 5.62. The molecule has 6 rings (SSSR count). The van der Waals surface area contributed by atoms with Crippen molar-refractivity contribution in [3.8, 4) is 45.1 Å². The second kappa shape index (κ2) is 10.3. The number of fused-ring (bicyclic) bond motifs is 3. The molecular formula is C31H32N4O3. The number of rotatable bonds is 8. The van der Waals surface area contributed by atoms with Gasteiger partial charge in [0, 0.05) is 29.7 Å². The summed E-state index contributed by atoms with van der Waals surface area (Å²) >= 11 is 0. The third kappa shape index (κ3) is 4.65. The molecule has 0 bridgehead atoms. The highest BCUT2D eigenvalue weighted by molar-refractivity contribution is 5.99. The van der Waals surface area contributed by atoms with Crippen LogP contribution in [0.1, 0.15) is 40.7 Å². The molecule has 3 N–H and O–H groups in total. The van der Waals surface area contributed by atoms with Crippen molar-refractivity contribution >= 4 is 5.91 Å². The monoisotopic (exact) mass is 508 g/mol. The van der Waals surface area contributed by atoms with Crippen LogP contribution in [0.25, 0.3) is 33.6 Å². The van der Waals surface area contributed by atoms with Crippen molar-refractivity contribution in [1.82, 2.24) is 20.4 Å². The number of methoxy groups -OCH3 is 1. The second-order valence-electron chi connectivity index (χ2n) is 10.1. The molecule has 0 atom stereocenters. The Bertz CT molecular complexity index is 1450. The van der Waals surface area contributed by atoms with Crippen molar-refractivity contribution in [3.05, 3.63) is 77.4 Å². The quantitative estimate of drug-likeness (QED) is 0.249. The van der Waals surface area contributed by atoms with Gasteiger partial charge in [-0.2, -0.15) is 5.10 Å². The lowest BCUT2D eigenvalue weighted by molar-refractivity contribution is 0.0949. The average Bonchev–Trinajstić information content (AvgIpc) is 3.68. The summed E-state index contributed by atoms with van der Waals surface area (Å²) in [5.41, 5.74) is 8.83. The fraction of sp³-hybridized carbons (Fsp3) is 0.290. The minimum atomic E-state index is -0.107. The molecule has 1 saturated heterocycles. The highest BCUT2D eigenvalue weighted by Crippen LogP contribution is 2.42. The van der Waals surface area contributed by atoms with Gasteiger partial charge < -0.3 is 20.1 Å². The van der Waals surface area contributed by atoms with E-state index in [1.807, 2.05) is 24.3 Å². The molecule has 2 heterocycles. The number of phenolic OH excluding ortho intramolecular Hbond substituents is 1. The third-order valence-electron chi connectivity index (χ3n) is 7.67. The minimum Gasteiger partial charge on any atom is -0.508 e. The molecule has 2 aliphatic rings. The Morgan fingerprint density at radius 3 is 2.42 bits per heavy atom. The molecule has 7 heteroatoms. The number of likely N-dealkylation sites (tertiary alicyclic amines) is 1. The molecular weight excluding hydrogens is 476 g/mol. The van der Waals surface area contributed by atoms with Crippen molar-refractivity contribution in [2.75, 3.05) is 33.3 Å². The number of nitrogens with zero attached hydrogens (tertiary/aromatic N) is 2. The maximum Gasteiger partial charge on any atom is 0.255 e. The van der Waals surface area contributed by atoms with E-state index in [2.05, 4.69) is 44.7 Å². The van der Waals surface area contributed by atoms with E-state index < -0.39 is 0 Å². The number of hydrogen-bond acceptors (Lipinski definition) is 5. The maximum atomic E-state index is 13.1. The lowest BCUT2D eigenvalue weighted by Gasteiger charge is -2.15. The summed E-state index contributed by atoms with van der Waals surface area (Å²) in [5.74, 6) is 0.745. The van der Waals surface area contributed by atoms with Crippen LogP contribution < -0.4 is 10.1 Å². The van der Waals surface area contributed by atoms with Gasteiger partial charge in [-0.3, -0.25) is 9.89 Å². The Morgan fingerprint density at radius 2 is 1.71 bits per heavy atom. The van der Waals surface area contributed by atoms with Crippen molar-refractivity contribution in [3.63, 3.8) is 0 Å². The molecule has 3 aromatic carbocycles. The summed E-state index contributed by atoms with van der Waals surface area (Å²) in [5, 5.41) is 20.5. The zero-order chi connectivity index (χ0) is 26.1. The van der Waals surface area contributed by atoms with Gasteiger partial charge in [-0.05, 0) is 79.9 Å². The first-order valence-electron chi connectivity index (χ1n) is 13.3. The molecule has 0 radical (unpaired) electrons. The number of ether oxygens (including phenoxy) is 1. The molecule has 7 nitrogen and oxygen atoms in total. The van der Waals surface area contributed by atoms with Gasteiger partial charge in [0.2, 0.25) is 0 Å². The van der Waals surface area contributed by atoms with E-state index in [0.717, 1.165) is 64.2 Å². The van der Waals surface area contributed by atoms with Gasteiger partial charge in [-0.25, -0.2) is 0 Å². The summed E-state index contributed by atoms with van der Waals surface area (Å²) in [6.07, 6.45) is 4.23. The molecule has 38 heavy (non-hydrogen) atoms. The second-order valence-corrected chi connectivity index (χ2v) is 10.1. The molecule has 4 aromatic rings. The number of H-pyrrole nitrogens is 1. The topological polar surface area (TPSA) is 90.5 Å². The number of aromatic hydroxyl groups is 1. The van der Waals surface area contributed by atoms with Crippen LogP contribution >= 0.6 is 0 Å². The van der Waals surface area contributed by atoms with Gasteiger partial charge in [0.25, 0.3) is 5.91 Å². The van der Waals surface area contributed by atoms with E-state index in [-0.39, 0.29) is 11.7 Å². The summed E-state index contributed by atoms with van der Waals surface area (Å²) in [7, 11) is 1.61. The zero-order valence-corrected chi connectivity index (χ0v) is 21.6. The molecule has 0 saturated carbocycles. The van der Waals surface area contributed by atoms with Crippen LogP contribution in [-0.2, 0) is 6.42 Å². The Morgan fingerprint density at radius 1 is 1.03 bits per heavy atom. The van der Waals surface area contributed by atoms with Crippen molar-refractivity contribution < 1.29 is 14.6 Å².